The first kappa shape index (κ1) is 8.82. The van der Waals surface area contributed by atoms with E-state index in [1.54, 1.807) is 11.8 Å². The Morgan fingerprint density at radius 2 is 2.08 bits per heavy atom. The summed E-state index contributed by atoms with van der Waals surface area (Å²) >= 11 is 1.72. The van der Waals surface area contributed by atoms with E-state index in [0.717, 1.165) is 19.1 Å². The molecule has 1 aliphatic carbocycles. The van der Waals surface area contributed by atoms with Crippen LogP contribution in [0.5, 0.6) is 0 Å². The van der Waals surface area contributed by atoms with Gasteiger partial charge < -0.3 is 4.79 Å². The number of carbonyl (C=O) groups is 1. The molecule has 2 rings (SSSR count). The minimum Gasteiger partial charge on any atom is -0.302 e. The van der Waals surface area contributed by atoms with E-state index in [1.165, 1.54) is 10.5 Å². The van der Waals surface area contributed by atoms with E-state index in [1.807, 2.05) is 12.1 Å². The standard InChI is InChI=1S/C11H12OS/c1-13-10-5-3-2-4-9(10)11(8-12)6-7-11/h2-5,8H,6-7H2,1H3. The van der Waals surface area contributed by atoms with Crippen molar-refractivity contribution in [3.05, 3.63) is 29.8 Å². The van der Waals surface area contributed by atoms with Crippen molar-refractivity contribution >= 4 is 18.0 Å². The largest absolute Gasteiger partial charge is 0.302 e. The van der Waals surface area contributed by atoms with Crippen molar-refractivity contribution in [3.63, 3.8) is 0 Å². The number of hydrogen-bond donors (Lipinski definition) is 0. The number of rotatable bonds is 3. The van der Waals surface area contributed by atoms with E-state index in [0.29, 0.717) is 0 Å². The van der Waals surface area contributed by atoms with E-state index in [4.69, 9.17) is 0 Å². The molecule has 68 valence electrons. The van der Waals surface area contributed by atoms with Crippen LogP contribution in [-0.2, 0) is 10.2 Å². The van der Waals surface area contributed by atoms with Crippen LogP contribution in [0.15, 0.2) is 29.2 Å². The summed E-state index contributed by atoms with van der Waals surface area (Å²) in [4.78, 5) is 12.2. The minimum atomic E-state index is -0.125. The predicted octanol–water partition coefficient (Wildman–Crippen LogP) is 2.64. The highest BCUT2D eigenvalue weighted by Crippen LogP contribution is 2.48. The molecule has 1 aromatic rings. The number of benzene rings is 1. The maximum atomic E-state index is 10.9. The smallest absolute Gasteiger partial charge is 0.130 e. The summed E-state index contributed by atoms with van der Waals surface area (Å²) in [6.07, 6.45) is 5.21. The van der Waals surface area contributed by atoms with E-state index in [2.05, 4.69) is 18.4 Å². The first-order valence-electron chi connectivity index (χ1n) is 4.42. The van der Waals surface area contributed by atoms with Crippen LogP contribution < -0.4 is 0 Å². The fraction of sp³-hybridized carbons (Fsp3) is 0.364. The zero-order chi connectivity index (χ0) is 9.31. The van der Waals surface area contributed by atoms with Gasteiger partial charge >= 0.3 is 0 Å². The lowest BCUT2D eigenvalue weighted by Crippen LogP contribution is -2.08. The lowest BCUT2D eigenvalue weighted by atomic mass is 9.98. The molecule has 0 saturated heterocycles. The molecule has 2 heteroatoms. The van der Waals surface area contributed by atoms with Crippen molar-refractivity contribution in [1.82, 2.24) is 0 Å². The van der Waals surface area contributed by atoms with Gasteiger partial charge in [0.15, 0.2) is 0 Å². The van der Waals surface area contributed by atoms with Crippen molar-refractivity contribution < 1.29 is 4.79 Å². The third-order valence-corrected chi connectivity index (χ3v) is 3.45. The quantitative estimate of drug-likeness (QED) is 0.541. The molecule has 0 bridgehead atoms. The molecule has 1 nitrogen and oxygen atoms in total. The van der Waals surface area contributed by atoms with Gasteiger partial charge in [-0.25, -0.2) is 0 Å². The topological polar surface area (TPSA) is 17.1 Å². The normalized spacial score (nSPS) is 18.2. The molecule has 0 N–H and O–H groups in total. The van der Waals surface area contributed by atoms with Crippen molar-refractivity contribution in [3.8, 4) is 0 Å². The summed E-state index contributed by atoms with van der Waals surface area (Å²) in [5.74, 6) is 0. The second-order valence-corrected chi connectivity index (χ2v) is 4.32. The lowest BCUT2D eigenvalue weighted by molar-refractivity contribution is -0.109. The predicted molar refractivity (Wildman–Crippen MR) is 55.2 cm³/mol. The maximum absolute atomic E-state index is 10.9. The molecule has 1 saturated carbocycles. The first-order valence-corrected chi connectivity index (χ1v) is 5.65. The van der Waals surface area contributed by atoms with Gasteiger partial charge in [0.05, 0.1) is 5.41 Å². The Labute approximate surface area is 82.5 Å². The van der Waals surface area contributed by atoms with Gasteiger partial charge in [-0.2, -0.15) is 0 Å². The van der Waals surface area contributed by atoms with Crippen molar-refractivity contribution in [2.75, 3.05) is 6.26 Å². The Balaban J connectivity index is 2.44. The van der Waals surface area contributed by atoms with Crippen LogP contribution in [0, 0.1) is 0 Å². The zero-order valence-electron chi connectivity index (χ0n) is 7.62. The molecule has 1 aromatic carbocycles. The molecule has 13 heavy (non-hydrogen) atoms. The molecule has 0 heterocycles. The molecule has 1 aliphatic rings. The molecule has 0 amide bonds. The van der Waals surface area contributed by atoms with Gasteiger partial charge in [-0.1, -0.05) is 18.2 Å². The second kappa shape index (κ2) is 3.18. The number of aldehydes is 1. The number of thioether (sulfide) groups is 1. The molecule has 0 aromatic heterocycles. The number of hydrogen-bond acceptors (Lipinski definition) is 2. The third kappa shape index (κ3) is 1.39. The fourth-order valence-electron chi connectivity index (χ4n) is 1.64. The second-order valence-electron chi connectivity index (χ2n) is 3.47. The summed E-state index contributed by atoms with van der Waals surface area (Å²) in [6.45, 7) is 0. The molecular formula is C11H12OS. The van der Waals surface area contributed by atoms with Gasteiger partial charge in [-0.05, 0) is 30.7 Å². The van der Waals surface area contributed by atoms with Crippen molar-refractivity contribution in [2.24, 2.45) is 0 Å². The Bertz CT molecular complexity index is 329. The summed E-state index contributed by atoms with van der Waals surface area (Å²) in [7, 11) is 0. The maximum Gasteiger partial charge on any atom is 0.130 e. The van der Waals surface area contributed by atoms with E-state index in [-0.39, 0.29) is 5.41 Å². The lowest BCUT2D eigenvalue weighted by Gasteiger charge is -2.11. The van der Waals surface area contributed by atoms with Crippen LogP contribution in [0.2, 0.25) is 0 Å². The van der Waals surface area contributed by atoms with Gasteiger partial charge in [0.2, 0.25) is 0 Å². The van der Waals surface area contributed by atoms with Gasteiger partial charge in [-0.3, -0.25) is 0 Å². The summed E-state index contributed by atoms with van der Waals surface area (Å²) in [5.41, 5.74) is 1.09. The molecule has 0 unspecified atom stereocenters. The molecule has 1 fully saturated rings. The summed E-state index contributed by atoms with van der Waals surface area (Å²) < 4.78 is 0. The number of carbonyl (C=O) groups excluding carboxylic acids is 1. The SMILES string of the molecule is CSc1ccccc1C1(C=O)CC1. The van der Waals surface area contributed by atoms with E-state index in [9.17, 15) is 4.79 Å². The highest BCUT2D eigenvalue weighted by molar-refractivity contribution is 7.98. The van der Waals surface area contributed by atoms with Gasteiger partial charge in [0.1, 0.15) is 6.29 Å². The summed E-state index contributed by atoms with van der Waals surface area (Å²) in [5, 5.41) is 0. The van der Waals surface area contributed by atoms with E-state index >= 15 is 0 Å². The molecule has 0 atom stereocenters. The molecular weight excluding hydrogens is 180 g/mol. The van der Waals surface area contributed by atoms with Crippen molar-refractivity contribution in [1.29, 1.82) is 0 Å². The molecule has 0 spiro atoms. The summed E-state index contributed by atoms with van der Waals surface area (Å²) in [6, 6.07) is 8.20. The Morgan fingerprint density at radius 3 is 2.62 bits per heavy atom. The zero-order valence-corrected chi connectivity index (χ0v) is 8.43. The van der Waals surface area contributed by atoms with Gasteiger partial charge in [-0.15, -0.1) is 11.8 Å². The average molecular weight is 192 g/mol. The monoisotopic (exact) mass is 192 g/mol. The fourth-order valence-corrected chi connectivity index (χ4v) is 2.35. The van der Waals surface area contributed by atoms with Crippen LogP contribution in [0.25, 0.3) is 0 Å². The first-order chi connectivity index (χ1) is 6.32. The van der Waals surface area contributed by atoms with Crippen LogP contribution in [0.3, 0.4) is 0 Å². The Kier molecular flexibility index (Phi) is 2.16. The molecule has 0 radical (unpaired) electrons. The third-order valence-electron chi connectivity index (χ3n) is 2.66. The Morgan fingerprint density at radius 1 is 1.38 bits per heavy atom. The van der Waals surface area contributed by atoms with Gasteiger partial charge in [0, 0.05) is 4.90 Å². The minimum absolute atomic E-state index is 0.125. The van der Waals surface area contributed by atoms with Crippen LogP contribution in [-0.4, -0.2) is 12.5 Å². The van der Waals surface area contributed by atoms with Gasteiger partial charge in [0.25, 0.3) is 0 Å². The highest BCUT2D eigenvalue weighted by atomic mass is 32.2. The average Bonchev–Trinajstić information content (AvgIpc) is 2.98. The van der Waals surface area contributed by atoms with Crippen molar-refractivity contribution in [2.45, 2.75) is 23.2 Å². The van der Waals surface area contributed by atoms with Crippen LogP contribution in [0.1, 0.15) is 18.4 Å². The van der Waals surface area contributed by atoms with Crippen LogP contribution >= 0.6 is 11.8 Å². The van der Waals surface area contributed by atoms with E-state index < -0.39 is 0 Å². The highest BCUT2D eigenvalue weighted by Gasteiger charge is 2.45. The van der Waals surface area contributed by atoms with Crippen LogP contribution in [0.4, 0.5) is 0 Å². The molecule has 0 aliphatic heterocycles. The Hall–Kier alpha value is -0.760.